The molecule has 1 aromatic heterocycles. The molecule has 1 amide bonds. The van der Waals surface area contributed by atoms with Crippen molar-refractivity contribution >= 4 is 40.5 Å². The highest BCUT2D eigenvalue weighted by molar-refractivity contribution is 6.36. The number of aryl methyl sites for hydroxylation is 2. The van der Waals surface area contributed by atoms with Crippen molar-refractivity contribution < 1.29 is 18.0 Å². The van der Waals surface area contributed by atoms with E-state index in [2.05, 4.69) is 19.2 Å². The van der Waals surface area contributed by atoms with Crippen molar-refractivity contribution in [3.63, 3.8) is 0 Å². The lowest BCUT2D eigenvalue weighted by atomic mass is 9.84. The molecule has 3 aromatic rings. The molecule has 2 aromatic carbocycles. The van der Waals surface area contributed by atoms with E-state index in [1.807, 2.05) is 18.2 Å². The number of nitrogens with zero attached hydrogens (tertiary/aromatic N) is 1. The Morgan fingerprint density at radius 2 is 1.89 bits per heavy atom. The first-order valence-electron chi connectivity index (χ1n) is 11.8. The van der Waals surface area contributed by atoms with Gasteiger partial charge in [0.15, 0.2) is 0 Å². The lowest BCUT2D eigenvalue weighted by Gasteiger charge is -2.24. The van der Waals surface area contributed by atoms with Crippen LogP contribution in [-0.4, -0.2) is 17.5 Å². The van der Waals surface area contributed by atoms with Crippen molar-refractivity contribution in [3.05, 3.63) is 68.3 Å². The maximum Gasteiger partial charge on any atom is 0.416 e. The van der Waals surface area contributed by atoms with Crippen LogP contribution in [0, 0.1) is 18.8 Å². The smallest absolute Gasteiger partial charge is 0.359 e. The number of amides is 1. The highest BCUT2D eigenvalue weighted by Crippen LogP contribution is 2.37. The lowest BCUT2D eigenvalue weighted by molar-refractivity contribution is -0.137. The molecule has 1 heterocycles. The summed E-state index contributed by atoms with van der Waals surface area (Å²) in [5.41, 5.74) is 3.05. The molecule has 8 heteroatoms. The Morgan fingerprint density at radius 1 is 1.17 bits per heavy atom. The minimum Gasteiger partial charge on any atom is -0.359 e. The fraction of sp³-hybridized carbons (Fsp3) is 0.444. The van der Waals surface area contributed by atoms with E-state index in [1.54, 1.807) is 18.5 Å². The van der Waals surface area contributed by atoms with Crippen molar-refractivity contribution in [2.45, 2.75) is 52.6 Å². The lowest BCUT2D eigenvalue weighted by Crippen LogP contribution is -2.21. The molecule has 0 bridgehead atoms. The van der Waals surface area contributed by atoms with Crippen LogP contribution < -0.4 is 5.32 Å². The van der Waals surface area contributed by atoms with Crippen LogP contribution in [0.4, 0.5) is 13.2 Å². The number of fused-ring (bicyclic) bond motifs is 1. The number of rotatable bonds is 10. The third-order valence-electron chi connectivity index (χ3n) is 7.03. The highest BCUT2D eigenvalue weighted by Gasteiger charge is 2.31. The number of nitrogens with one attached hydrogen (secondary N) is 1. The molecular weight excluding hydrogens is 496 g/mol. The van der Waals surface area contributed by atoms with Gasteiger partial charge in [-0.2, -0.15) is 13.2 Å². The number of alkyl halides is 3. The van der Waals surface area contributed by atoms with Crippen molar-refractivity contribution in [3.8, 4) is 0 Å². The molecule has 0 aliphatic carbocycles. The summed E-state index contributed by atoms with van der Waals surface area (Å²) >= 11 is 13.4. The van der Waals surface area contributed by atoms with Crippen LogP contribution in [0.1, 0.15) is 54.6 Å². The number of aromatic nitrogens is 1. The van der Waals surface area contributed by atoms with Crippen molar-refractivity contribution in [2.75, 3.05) is 6.54 Å². The minimum absolute atomic E-state index is 0.348. The summed E-state index contributed by atoms with van der Waals surface area (Å²) in [6, 6.07) is 8.08. The van der Waals surface area contributed by atoms with Crippen LogP contribution in [0.3, 0.4) is 0 Å². The molecule has 0 fully saturated rings. The number of carbonyl (C=O) groups excluding carboxylic acids is 1. The highest BCUT2D eigenvalue weighted by atomic mass is 35.5. The van der Waals surface area contributed by atoms with E-state index in [1.165, 1.54) is 12.1 Å². The van der Waals surface area contributed by atoms with Gasteiger partial charge in [0, 0.05) is 46.7 Å². The Balaban J connectivity index is 1.91. The Morgan fingerprint density at radius 3 is 2.51 bits per heavy atom. The van der Waals surface area contributed by atoms with Gasteiger partial charge >= 0.3 is 6.18 Å². The summed E-state index contributed by atoms with van der Waals surface area (Å²) < 4.78 is 41.8. The van der Waals surface area contributed by atoms with E-state index in [0.29, 0.717) is 45.9 Å². The molecule has 3 nitrogen and oxygen atoms in total. The Hall–Kier alpha value is -2.18. The molecular formula is C27H31Cl2F3N2O. The van der Waals surface area contributed by atoms with Crippen LogP contribution in [0.5, 0.6) is 0 Å². The van der Waals surface area contributed by atoms with Crippen molar-refractivity contribution in [2.24, 2.45) is 18.9 Å². The van der Waals surface area contributed by atoms with Crippen LogP contribution in [0.15, 0.2) is 30.3 Å². The maximum absolute atomic E-state index is 13.3. The zero-order valence-electron chi connectivity index (χ0n) is 20.4. The summed E-state index contributed by atoms with van der Waals surface area (Å²) in [6.45, 7) is 6.66. The third kappa shape index (κ3) is 6.15. The molecule has 0 aliphatic rings. The Kier molecular flexibility index (Phi) is 8.81. The topological polar surface area (TPSA) is 34.0 Å². The maximum atomic E-state index is 13.3. The molecule has 190 valence electrons. The van der Waals surface area contributed by atoms with E-state index in [4.69, 9.17) is 23.2 Å². The largest absolute Gasteiger partial charge is 0.416 e. The van der Waals surface area contributed by atoms with Gasteiger partial charge in [-0.05, 0) is 72.6 Å². The number of hydrogen-bond donors (Lipinski definition) is 1. The van der Waals surface area contributed by atoms with E-state index >= 15 is 0 Å². The predicted octanol–water partition coefficient (Wildman–Crippen LogP) is 7.74. The Bertz CT molecular complexity index is 1200. The zero-order chi connectivity index (χ0) is 25.9. The second kappa shape index (κ2) is 11.3. The van der Waals surface area contributed by atoms with Crippen LogP contribution in [0.25, 0.3) is 10.9 Å². The van der Waals surface area contributed by atoms with Gasteiger partial charge in [-0.3, -0.25) is 4.79 Å². The molecule has 2 unspecified atom stereocenters. The van der Waals surface area contributed by atoms with Crippen LogP contribution in [-0.2, 0) is 30.9 Å². The quantitative estimate of drug-likeness (QED) is 0.212. The number of halogens is 5. The van der Waals surface area contributed by atoms with E-state index in [0.717, 1.165) is 47.9 Å². The van der Waals surface area contributed by atoms with Gasteiger partial charge in [-0.1, -0.05) is 49.5 Å². The summed E-state index contributed by atoms with van der Waals surface area (Å²) in [4.78, 5) is 10.6. The fourth-order valence-corrected chi connectivity index (χ4v) is 5.46. The van der Waals surface area contributed by atoms with Gasteiger partial charge in [0.25, 0.3) is 0 Å². The average Bonchev–Trinajstić information content (AvgIpc) is 3.11. The normalized spacial score (nSPS) is 13.7. The number of carbonyl (C=O) groups is 1. The summed E-state index contributed by atoms with van der Waals surface area (Å²) in [5, 5.41) is 4.64. The van der Waals surface area contributed by atoms with Crippen molar-refractivity contribution in [1.82, 2.24) is 9.88 Å². The molecule has 1 N–H and O–H groups in total. The molecule has 0 spiro atoms. The van der Waals surface area contributed by atoms with E-state index in [9.17, 15) is 18.0 Å². The molecule has 3 rings (SSSR count). The monoisotopic (exact) mass is 526 g/mol. The van der Waals surface area contributed by atoms with E-state index in [-0.39, 0.29) is 0 Å². The summed E-state index contributed by atoms with van der Waals surface area (Å²) in [6.07, 6.45) is -0.616. The van der Waals surface area contributed by atoms with Gasteiger partial charge in [0.2, 0.25) is 6.41 Å². The van der Waals surface area contributed by atoms with Gasteiger partial charge in [-0.25, -0.2) is 0 Å². The van der Waals surface area contributed by atoms with Crippen molar-refractivity contribution in [1.29, 1.82) is 0 Å². The first-order chi connectivity index (χ1) is 16.5. The molecule has 0 aliphatic heterocycles. The van der Waals surface area contributed by atoms with Gasteiger partial charge in [-0.15, -0.1) is 0 Å². The molecule has 0 saturated heterocycles. The molecule has 35 heavy (non-hydrogen) atoms. The first kappa shape index (κ1) is 27.4. The summed E-state index contributed by atoms with van der Waals surface area (Å²) in [5.74, 6) is 0.780. The minimum atomic E-state index is -4.40. The standard InChI is InChI=1S/C27H31Cl2F3N2O/c1-5-18(8-9-33-15-35)16(2)10-19-6-7-24(28)23(26(19)29)14-21-13-22-17(3)11-20(27(30,31)32)12-25(22)34(21)4/h6-7,11-13,15-16,18H,5,8-10,14H2,1-4H3,(H,33,35). The third-order valence-corrected chi connectivity index (χ3v) is 7.86. The SMILES string of the molecule is CCC(CCNC=O)C(C)Cc1ccc(Cl)c(Cc2cc3c(C)cc(C(F)(F)F)cc3n2C)c1Cl. The van der Waals surface area contributed by atoms with Gasteiger partial charge in [0.05, 0.1) is 5.56 Å². The fourth-order valence-electron chi connectivity index (χ4n) is 4.88. The van der Waals surface area contributed by atoms with Gasteiger partial charge in [0.1, 0.15) is 0 Å². The van der Waals surface area contributed by atoms with Gasteiger partial charge < -0.3 is 9.88 Å². The zero-order valence-corrected chi connectivity index (χ0v) is 21.9. The Labute approximate surface area is 214 Å². The number of benzene rings is 2. The molecule has 0 saturated carbocycles. The predicted molar refractivity (Wildman–Crippen MR) is 137 cm³/mol. The first-order valence-corrected chi connectivity index (χ1v) is 12.5. The average molecular weight is 527 g/mol. The molecule has 0 radical (unpaired) electrons. The number of hydrogen-bond acceptors (Lipinski definition) is 1. The second-order valence-corrected chi connectivity index (χ2v) is 10.1. The summed E-state index contributed by atoms with van der Waals surface area (Å²) in [7, 11) is 1.77. The molecule has 2 atom stereocenters. The van der Waals surface area contributed by atoms with Crippen LogP contribution >= 0.6 is 23.2 Å². The van der Waals surface area contributed by atoms with Crippen LogP contribution in [0.2, 0.25) is 10.0 Å². The second-order valence-electron chi connectivity index (χ2n) is 9.30. The van der Waals surface area contributed by atoms with E-state index < -0.39 is 11.7 Å².